The first-order valence-electron chi connectivity index (χ1n) is 7.29. The van der Waals surface area contributed by atoms with Crippen LogP contribution in [-0.4, -0.2) is 50.6 Å². The molecule has 0 aromatic rings. The van der Waals surface area contributed by atoms with Crippen LogP contribution in [0.15, 0.2) is 0 Å². The first-order valence-corrected chi connectivity index (χ1v) is 7.29. The number of amides is 1. The van der Waals surface area contributed by atoms with Gasteiger partial charge in [-0.1, -0.05) is 20.8 Å². The maximum Gasteiger partial charge on any atom is 0.319 e. The molecule has 118 valence electrons. The molecular weight excluding hydrogens is 256 g/mol. The zero-order valence-electron chi connectivity index (χ0n) is 13.8. The van der Waals surface area contributed by atoms with Gasteiger partial charge in [0.05, 0.1) is 6.61 Å². The molecule has 0 rings (SSSR count). The summed E-state index contributed by atoms with van der Waals surface area (Å²) in [7, 11) is 4.05. The molecule has 0 saturated heterocycles. The summed E-state index contributed by atoms with van der Waals surface area (Å²) in [6.07, 6.45) is 1.93. The lowest BCUT2D eigenvalue weighted by Gasteiger charge is -2.27. The van der Waals surface area contributed by atoms with Gasteiger partial charge in [-0.05, 0) is 45.8 Å². The Balaban J connectivity index is 4.33. The molecule has 0 heterocycles. The van der Waals surface area contributed by atoms with E-state index < -0.39 is 17.3 Å². The van der Waals surface area contributed by atoms with Crippen LogP contribution in [0.4, 0.5) is 0 Å². The van der Waals surface area contributed by atoms with Crippen LogP contribution in [0.2, 0.25) is 0 Å². The van der Waals surface area contributed by atoms with Crippen LogP contribution in [0.5, 0.6) is 0 Å². The smallest absolute Gasteiger partial charge is 0.319 e. The highest BCUT2D eigenvalue weighted by Crippen LogP contribution is 2.27. The van der Waals surface area contributed by atoms with Crippen molar-refractivity contribution in [1.82, 2.24) is 10.2 Å². The normalized spacial score (nSPS) is 13.2. The Labute approximate surface area is 123 Å². The van der Waals surface area contributed by atoms with Crippen LogP contribution in [0, 0.1) is 11.3 Å². The molecule has 0 aromatic carbocycles. The number of carbonyl (C=O) groups is 2. The highest BCUT2D eigenvalue weighted by molar-refractivity contribution is 5.98. The van der Waals surface area contributed by atoms with E-state index in [1.807, 2.05) is 34.9 Å². The van der Waals surface area contributed by atoms with Crippen molar-refractivity contribution >= 4 is 11.9 Å². The van der Waals surface area contributed by atoms with Crippen LogP contribution in [0.3, 0.4) is 0 Å². The van der Waals surface area contributed by atoms with Gasteiger partial charge in [0.25, 0.3) is 0 Å². The number of ether oxygens (including phenoxy) is 1. The van der Waals surface area contributed by atoms with Crippen molar-refractivity contribution in [2.24, 2.45) is 11.3 Å². The molecular formula is C15H30N2O3. The molecule has 0 aliphatic rings. The van der Waals surface area contributed by atoms with Crippen LogP contribution in [-0.2, 0) is 14.3 Å². The minimum absolute atomic E-state index is 0.235. The fraction of sp³-hybridized carbons (Fsp3) is 0.867. The van der Waals surface area contributed by atoms with Gasteiger partial charge in [0.15, 0.2) is 0 Å². The first kappa shape index (κ1) is 18.9. The van der Waals surface area contributed by atoms with E-state index in [4.69, 9.17) is 4.74 Å². The summed E-state index contributed by atoms with van der Waals surface area (Å²) in [6, 6.07) is 0. The Morgan fingerprint density at radius 2 is 1.80 bits per heavy atom. The van der Waals surface area contributed by atoms with Gasteiger partial charge >= 0.3 is 5.97 Å². The van der Waals surface area contributed by atoms with E-state index in [9.17, 15) is 9.59 Å². The van der Waals surface area contributed by atoms with Gasteiger partial charge in [-0.2, -0.15) is 0 Å². The summed E-state index contributed by atoms with van der Waals surface area (Å²) in [5.74, 6) is -1.43. The van der Waals surface area contributed by atoms with E-state index in [2.05, 4.69) is 10.2 Å². The highest BCUT2D eigenvalue weighted by Gasteiger charge is 2.38. The maximum atomic E-state index is 12.2. The topological polar surface area (TPSA) is 58.6 Å². The molecule has 0 radical (unpaired) electrons. The van der Waals surface area contributed by atoms with Gasteiger partial charge in [-0.3, -0.25) is 9.59 Å². The number of hydrogen-bond donors (Lipinski definition) is 1. The minimum Gasteiger partial charge on any atom is -0.465 e. The summed E-state index contributed by atoms with van der Waals surface area (Å²) in [5, 5.41) is 2.84. The third kappa shape index (κ3) is 7.48. The zero-order chi connectivity index (χ0) is 15.8. The number of esters is 1. The van der Waals surface area contributed by atoms with Crippen LogP contribution in [0.25, 0.3) is 0 Å². The molecule has 1 unspecified atom stereocenters. The fourth-order valence-electron chi connectivity index (χ4n) is 1.95. The molecule has 20 heavy (non-hydrogen) atoms. The van der Waals surface area contributed by atoms with E-state index in [1.165, 1.54) is 0 Å². The van der Waals surface area contributed by atoms with E-state index >= 15 is 0 Å². The highest BCUT2D eigenvalue weighted by atomic mass is 16.5. The molecule has 5 heteroatoms. The third-order valence-corrected chi connectivity index (χ3v) is 2.98. The molecule has 1 amide bonds. The van der Waals surface area contributed by atoms with Gasteiger partial charge in [-0.25, -0.2) is 0 Å². The fourth-order valence-corrected chi connectivity index (χ4v) is 1.95. The summed E-state index contributed by atoms with van der Waals surface area (Å²) in [6.45, 7) is 9.26. The second-order valence-corrected chi connectivity index (χ2v) is 6.35. The SMILES string of the molecule is CCOC(=O)C(C(=O)NCCCCN(C)C)C(C)(C)C. The Morgan fingerprint density at radius 3 is 2.25 bits per heavy atom. The maximum absolute atomic E-state index is 12.2. The zero-order valence-corrected chi connectivity index (χ0v) is 13.8. The molecule has 0 fully saturated rings. The standard InChI is InChI=1S/C15H30N2O3/c1-7-20-14(19)12(15(2,3)4)13(18)16-10-8-9-11-17(5)6/h12H,7-11H2,1-6H3,(H,16,18). The summed E-state index contributed by atoms with van der Waals surface area (Å²) in [5.41, 5.74) is -0.444. The Morgan fingerprint density at radius 1 is 1.20 bits per heavy atom. The number of nitrogens with zero attached hydrogens (tertiary/aromatic N) is 1. The number of hydrogen-bond acceptors (Lipinski definition) is 4. The van der Waals surface area contributed by atoms with Gasteiger partial charge in [0, 0.05) is 6.54 Å². The van der Waals surface area contributed by atoms with Crippen LogP contribution >= 0.6 is 0 Å². The van der Waals surface area contributed by atoms with Crippen molar-refractivity contribution < 1.29 is 14.3 Å². The lowest BCUT2D eigenvalue weighted by atomic mass is 9.80. The molecule has 1 atom stereocenters. The average Bonchev–Trinajstić information content (AvgIpc) is 2.26. The molecule has 0 bridgehead atoms. The van der Waals surface area contributed by atoms with Gasteiger partial charge in [0.1, 0.15) is 5.92 Å². The molecule has 0 aliphatic carbocycles. The summed E-state index contributed by atoms with van der Waals surface area (Å²) >= 11 is 0. The van der Waals surface area contributed by atoms with Crippen LogP contribution < -0.4 is 5.32 Å². The van der Waals surface area contributed by atoms with E-state index in [1.54, 1.807) is 6.92 Å². The van der Waals surface area contributed by atoms with Crippen molar-refractivity contribution in [1.29, 1.82) is 0 Å². The lowest BCUT2D eigenvalue weighted by Crippen LogP contribution is -2.43. The van der Waals surface area contributed by atoms with Crippen molar-refractivity contribution in [3.8, 4) is 0 Å². The van der Waals surface area contributed by atoms with Gasteiger partial charge < -0.3 is 15.0 Å². The van der Waals surface area contributed by atoms with Crippen molar-refractivity contribution in [2.75, 3.05) is 33.8 Å². The lowest BCUT2D eigenvalue weighted by molar-refractivity contribution is -0.156. The van der Waals surface area contributed by atoms with E-state index in [0.29, 0.717) is 13.2 Å². The van der Waals surface area contributed by atoms with Crippen molar-refractivity contribution in [2.45, 2.75) is 40.5 Å². The molecule has 0 spiro atoms. The largest absolute Gasteiger partial charge is 0.465 e. The number of carbonyl (C=O) groups excluding carboxylic acids is 2. The van der Waals surface area contributed by atoms with Crippen molar-refractivity contribution in [3.63, 3.8) is 0 Å². The second-order valence-electron chi connectivity index (χ2n) is 6.35. The number of unbranched alkanes of at least 4 members (excludes halogenated alkanes) is 1. The predicted molar refractivity (Wildman–Crippen MR) is 80.4 cm³/mol. The average molecular weight is 286 g/mol. The van der Waals surface area contributed by atoms with Gasteiger partial charge in [0.2, 0.25) is 5.91 Å². The number of rotatable bonds is 8. The minimum atomic E-state index is -0.753. The predicted octanol–water partition coefficient (Wildman–Crippen LogP) is 1.67. The first-order chi connectivity index (χ1) is 9.20. The number of nitrogens with one attached hydrogen (secondary N) is 1. The van der Waals surface area contributed by atoms with Gasteiger partial charge in [-0.15, -0.1) is 0 Å². The Hall–Kier alpha value is -1.10. The molecule has 0 aromatic heterocycles. The van der Waals surface area contributed by atoms with E-state index in [-0.39, 0.29) is 5.91 Å². The second kappa shape index (κ2) is 8.95. The summed E-state index contributed by atoms with van der Waals surface area (Å²) in [4.78, 5) is 26.2. The Kier molecular flexibility index (Phi) is 8.46. The molecule has 1 N–H and O–H groups in total. The molecule has 5 nitrogen and oxygen atoms in total. The summed E-state index contributed by atoms with van der Waals surface area (Å²) < 4.78 is 5.00. The monoisotopic (exact) mass is 286 g/mol. The van der Waals surface area contributed by atoms with Crippen LogP contribution in [0.1, 0.15) is 40.5 Å². The molecule has 0 saturated carbocycles. The van der Waals surface area contributed by atoms with E-state index in [0.717, 1.165) is 19.4 Å². The Bertz CT molecular complexity index is 309. The third-order valence-electron chi connectivity index (χ3n) is 2.98. The molecule has 0 aliphatic heterocycles. The quantitative estimate of drug-likeness (QED) is 0.419. The van der Waals surface area contributed by atoms with Crippen molar-refractivity contribution in [3.05, 3.63) is 0 Å².